The van der Waals surface area contributed by atoms with Crippen molar-refractivity contribution in [1.82, 2.24) is 15.5 Å². The Morgan fingerprint density at radius 1 is 1.23 bits per heavy atom. The molecule has 3 aromatic rings. The number of hydrogen-bond donors (Lipinski definition) is 2. The van der Waals surface area contributed by atoms with Crippen molar-refractivity contribution < 1.29 is 9.53 Å². The highest BCUT2D eigenvalue weighted by molar-refractivity contribution is 6.05. The van der Waals surface area contributed by atoms with Crippen LogP contribution in [0.2, 0.25) is 0 Å². The lowest BCUT2D eigenvalue weighted by Crippen LogP contribution is -2.25. The lowest BCUT2D eigenvalue weighted by Gasteiger charge is -2.07. The number of fused-ring (bicyclic) bond motifs is 1. The normalized spacial score (nSPS) is 10.6. The number of H-pyrrole nitrogens is 1. The molecule has 2 N–H and O–H groups in total. The standard InChI is InChI=1S/C17H17N3O2/c1-22-14-7-5-12(6-8-14)9-10-18-17(21)15-4-2-3-13-11-19-20-16(13)15/h2-8,11H,9-10H2,1H3,(H,18,21)(H,19,20). The summed E-state index contributed by atoms with van der Waals surface area (Å²) in [5.74, 6) is 0.738. The first-order chi connectivity index (χ1) is 10.8. The molecule has 0 spiro atoms. The predicted octanol–water partition coefficient (Wildman–Crippen LogP) is 2.54. The number of nitrogens with one attached hydrogen (secondary N) is 2. The number of carbonyl (C=O) groups excluding carboxylic acids is 1. The number of benzene rings is 2. The number of ether oxygens (including phenoxy) is 1. The van der Waals surface area contributed by atoms with Crippen LogP contribution in [0.15, 0.2) is 48.7 Å². The first kappa shape index (κ1) is 14.1. The van der Waals surface area contributed by atoms with E-state index in [-0.39, 0.29) is 5.91 Å². The molecule has 1 heterocycles. The zero-order chi connectivity index (χ0) is 15.4. The number of rotatable bonds is 5. The zero-order valence-corrected chi connectivity index (χ0v) is 12.3. The summed E-state index contributed by atoms with van der Waals surface area (Å²) in [7, 11) is 1.64. The van der Waals surface area contributed by atoms with Crippen LogP contribution in [-0.2, 0) is 6.42 Å². The quantitative estimate of drug-likeness (QED) is 0.760. The summed E-state index contributed by atoms with van der Waals surface area (Å²) in [6.45, 7) is 0.579. The van der Waals surface area contributed by atoms with Crippen LogP contribution in [0.3, 0.4) is 0 Å². The average molecular weight is 295 g/mol. The Balaban J connectivity index is 1.61. The Hall–Kier alpha value is -2.82. The third-order valence-corrected chi connectivity index (χ3v) is 3.58. The second-order valence-electron chi connectivity index (χ2n) is 4.99. The fraction of sp³-hybridized carbons (Fsp3) is 0.176. The molecule has 0 radical (unpaired) electrons. The molecule has 0 bridgehead atoms. The van der Waals surface area contributed by atoms with Crippen LogP contribution >= 0.6 is 0 Å². The van der Waals surface area contributed by atoms with Crippen LogP contribution in [-0.4, -0.2) is 29.8 Å². The zero-order valence-electron chi connectivity index (χ0n) is 12.3. The van der Waals surface area contributed by atoms with Crippen molar-refractivity contribution in [3.8, 4) is 5.75 Å². The van der Waals surface area contributed by atoms with Gasteiger partial charge in [-0.3, -0.25) is 9.89 Å². The molecule has 0 atom stereocenters. The van der Waals surface area contributed by atoms with Gasteiger partial charge in [-0.25, -0.2) is 0 Å². The molecule has 1 amide bonds. The van der Waals surface area contributed by atoms with Crippen LogP contribution in [0.25, 0.3) is 10.9 Å². The summed E-state index contributed by atoms with van der Waals surface area (Å²) in [5.41, 5.74) is 2.54. The van der Waals surface area contributed by atoms with E-state index in [0.717, 1.165) is 28.6 Å². The van der Waals surface area contributed by atoms with Gasteiger partial charge in [-0.05, 0) is 30.2 Å². The number of nitrogens with zero attached hydrogens (tertiary/aromatic N) is 1. The Morgan fingerprint density at radius 2 is 2.05 bits per heavy atom. The fourth-order valence-corrected chi connectivity index (χ4v) is 2.37. The van der Waals surface area contributed by atoms with Gasteiger partial charge in [0.15, 0.2) is 0 Å². The fourth-order valence-electron chi connectivity index (χ4n) is 2.37. The van der Waals surface area contributed by atoms with Crippen LogP contribution in [0.1, 0.15) is 15.9 Å². The molecule has 5 nitrogen and oxygen atoms in total. The van der Waals surface area contributed by atoms with Crippen LogP contribution in [0.4, 0.5) is 0 Å². The van der Waals surface area contributed by atoms with Gasteiger partial charge in [-0.1, -0.05) is 24.3 Å². The molecule has 0 fully saturated rings. The third-order valence-electron chi connectivity index (χ3n) is 3.58. The number of hydrogen-bond acceptors (Lipinski definition) is 3. The van der Waals surface area contributed by atoms with Gasteiger partial charge in [0.1, 0.15) is 5.75 Å². The van der Waals surface area contributed by atoms with E-state index in [1.807, 2.05) is 36.4 Å². The van der Waals surface area contributed by atoms with Crippen molar-refractivity contribution in [2.24, 2.45) is 0 Å². The summed E-state index contributed by atoms with van der Waals surface area (Å²) in [6, 6.07) is 13.4. The van der Waals surface area contributed by atoms with Crippen molar-refractivity contribution >= 4 is 16.8 Å². The summed E-state index contributed by atoms with van der Waals surface area (Å²) in [5, 5.41) is 10.7. The lowest BCUT2D eigenvalue weighted by molar-refractivity contribution is 0.0955. The number of carbonyl (C=O) groups is 1. The largest absolute Gasteiger partial charge is 0.497 e. The Morgan fingerprint density at radius 3 is 2.82 bits per heavy atom. The Bertz CT molecular complexity index is 778. The van der Waals surface area contributed by atoms with E-state index in [0.29, 0.717) is 12.1 Å². The highest BCUT2D eigenvalue weighted by atomic mass is 16.5. The summed E-state index contributed by atoms with van der Waals surface area (Å²) >= 11 is 0. The smallest absolute Gasteiger partial charge is 0.253 e. The van der Waals surface area contributed by atoms with E-state index in [9.17, 15) is 4.79 Å². The molecule has 5 heteroatoms. The molecule has 0 aliphatic carbocycles. The first-order valence-electron chi connectivity index (χ1n) is 7.11. The number of para-hydroxylation sites is 1. The van der Waals surface area contributed by atoms with Crippen molar-refractivity contribution in [2.75, 3.05) is 13.7 Å². The van der Waals surface area contributed by atoms with Crippen LogP contribution in [0.5, 0.6) is 5.75 Å². The SMILES string of the molecule is COc1ccc(CCNC(=O)c2cccc3cn[nH]c23)cc1. The van der Waals surface area contributed by atoms with E-state index < -0.39 is 0 Å². The van der Waals surface area contributed by atoms with Crippen molar-refractivity contribution in [3.05, 3.63) is 59.8 Å². The van der Waals surface area contributed by atoms with Crippen molar-refractivity contribution in [3.63, 3.8) is 0 Å². The molecule has 112 valence electrons. The molecule has 0 aliphatic rings. The van der Waals surface area contributed by atoms with Gasteiger partial charge in [0.05, 0.1) is 24.4 Å². The maximum atomic E-state index is 12.3. The number of aromatic amines is 1. The van der Waals surface area contributed by atoms with Crippen molar-refractivity contribution in [2.45, 2.75) is 6.42 Å². The molecule has 0 unspecified atom stereocenters. The van der Waals surface area contributed by atoms with Gasteiger partial charge in [0.25, 0.3) is 5.91 Å². The summed E-state index contributed by atoms with van der Waals surface area (Å²) in [4.78, 5) is 12.3. The minimum Gasteiger partial charge on any atom is -0.497 e. The molecular formula is C17H17N3O2. The molecule has 1 aromatic heterocycles. The number of methoxy groups -OCH3 is 1. The molecule has 0 saturated carbocycles. The first-order valence-corrected chi connectivity index (χ1v) is 7.11. The van der Waals surface area contributed by atoms with Gasteiger partial charge >= 0.3 is 0 Å². The summed E-state index contributed by atoms with van der Waals surface area (Å²) in [6.07, 6.45) is 2.48. The Kier molecular flexibility index (Phi) is 4.05. The average Bonchev–Trinajstić information content (AvgIpc) is 3.04. The summed E-state index contributed by atoms with van der Waals surface area (Å²) < 4.78 is 5.12. The van der Waals surface area contributed by atoms with E-state index in [1.54, 1.807) is 19.4 Å². The Labute approximate surface area is 128 Å². The van der Waals surface area contributed by atoms with Crippen molar-refractivity contribution in [1.29, 1.82) is 0 Å². The number of amides is 1. The second-order valence-corrected chi connectivity index (χ2v) is 4.99. The third kappa shape index (κ3) is 2.93. The van der Waals surface area contributed by atoms with Crippen LogP contribution in [0, 0.1) is 0 Å². The van der Waals surface area contributed by atoms with E-state index >= 15 is 0 Å². The van der Waals surface area contributed by atoms with Gasteiger partial charge in [0, 0.05) is 11.9 Å². The lowest BCUT2D eigenvalue weighted by atomic mass is 10.1. The van der Waals surface area contributed by atoms with Gasteiger partial charge in [0.2, 0.25) is 0 Å². The van der Waals surface area contributed by atoms with Gasteiger partial charge in [-0.15, -0.1) is 0 Å². The van der Waals surface area contributed by atoms with E-state index in [4.69, 9.17) is 4.74 Å². The second kappa shape index (κ2) is 6.30. The minimum absolute atomic E-state index is 0.0941. The van der Waals surface area contributed by atoms with Gasteiger partial charge < -0.3 is 10.1 Å². The predicted molar refractivity (Wildman–Crippen MR) is 85.1 cm³/mol. The number of aromatic nitrogens is 2. The molecule has 3 rings (SSSR count). The highest BCUT2D eigenvalue weighted by Crippen LogP contribution is 2.15. The van der Waals surface area contributed by atoms with E-state index in [1.165, 1.54) is 0 Å². The van der Waals surface area contributed by atoms with Crippen LogP contribution < -0.4 is 10.1 Å². The molecular weight excluding hydrogens is 278 g/mol. The molecule has 0 saturated heterocycles. The molecule has 22 heavy (non-hydrogen) atoms. The van der Waals surface area contributed by atoms with E-state index in [2.05, 4.69) is 15.5 Å². The maximum absolute atomic E-state index is 12.3. The van der Waals surface area contributed by atoms with Gasteiger partial charge in [-0.2, -0.15) is 5.10 Å². The monoisotopic (exact) mass is 295 g/mol. The maximum Gasteiger partial charge on any atom is 0.253 e. The molecule has 2 aromatic carbocycles. The molecule has 0 aliphatic heterocycles. The minimum atomic E-state index is -0.0941. The highest BCUT2D eigenvalue weighted by Gasteiger charge is 2.10. The topological polar surface area (TPSA) is 67.0 Å².